The van der Waals surface area contributed by atoms with Crippen molar-refractivity contribution in [2.24, 2.45) is 0 Å². The number of hydrogen-bond acceptors (Lipinski definition) is 3. The lowest BCUT2D eigenvalue weighted by atomic mass is 10.4. The molecule has 1 aromatic rings. The molecule has 0 saturated carbocycles. The van der Waals surface area contributed by atoms with Crippen molar-refractivity contribution in [2.75, 3.05) is 0 Å². The summed E-state index contributed by atoms with van der Waals surface area (Å²) in [6, 6.07) is 0.535. The molecule has 3 nitrogen and oxygen atoms in total. The molecule has 0 atom stereocenters. The van der Waals surface area contributed by atoms with Crippen LogP contribution in [0.2, 0.25) is 0 Å². The summed E-state index contributed by atoms with van der Waals surface area (Å²) in [7, 11) is 0. The molecular formula is C7H8F3NO2. The standard InChI is InChI=1S/C5H2F3NO2.C2H6/c6-5(7,8)4-1-3(2-10)11-9-4;1-2/h1-2H;1-2H3. The van der Waals surface area contributed by atoms with E-state index in [-0.39, 0.29) is 6.29 Å². The highest BCUT2D eigenvalue weighted by Gasteiger charge is 2.34. The summed E-state index contributed by atoms with van der Waals surface area (Å²) < 4.78 is 39.1. The number of carbonyl (C=O) groups is 1. The average Bonchev–Trinajstić information content (AvgIpc) is 2.54. The minimum Gasteiger partial charge on any atom is -0.353 e. The van der Waals surface area contributed by atoms with Gasteiger partial charge in [-0.1, -0.05) is 19.0 Å². The van der Waals surface area contributed by atoms with E-state index in [4.69, 9.17) is 0 Å². The van der Waals surface area contributed by atoms with Gasteiger partial charge in [0, 0.05) is 6.07 Å². The Labute approximate surface area is 72.5 Å². The van der Waals surface area contributed by atoms with Crippen LogP contribution in [-0.4, -0.2) is 11.4 Å². The largest absolute Gasteiger partial charge is 0.436 e. The highest BCUT2D eigenvalue weighted by molar-refractivity contribution is 5.70. The number of halogens is 3. The minimum absolute atomic E-state index is 0.155. The monoisotopic (exact) mass is 195 g/mol. The van der Waals surface area contributed by atoms with Gasteiger partial charge >= 0.3 is 6.18 Å². The second-order valence-corrected chi connectivity index (χ2v) is 1.73. The van der Waals surface area contributed by atoms with Crippen LogP contribution in [0, 0.1) is 0 Å². The molecule has 0 aliphatic carbocycles. The summed E-state index contributed by atoms with van der Waals surface area (Å²) in [4.78, 5) is 9.85. The average molecular weight is 195 g/mol. The molecule has 0 aliphatic rings. The minimum atomic E-state index is -4.55. The fourth-order valence-electron chi connectivity index (χ4n) is 0.478. The first-order valence-corrected chi connectivity index (χ1v) is 3.53. The third-order valence-electron chi connectivity index (χ3n) is 0.935. The third-order valence-corrected chi connectivity index (χ3v) is 0.935. The van der Waals surface area contributed by atoms with E-state index in [1.54, 1.807) is 0 Å². The lowest BCUT2D eigenvalue weighted by Crippen LogP contribution is -2.04. The Morgan fingerprint density at radius 2 is 2.00 bits per heavy atom. The molecular weight excluding hydrogens is 187 g/mol. The highest BCUT2D eigenvalue weighted by atomic mass is 19.4. The van der Waals surface area contributed by atoms with Gasteiger partial charge in [-0.05, 0) is 0 Å². The molecule has 0 fully saturated rings. The van der Waals surface area contributed by atoms with Crippen molar-refractivity contribution >= 4 is 6.29 Å². The molecule has 0 radical (unpaired) electrons. The Morgan fingerprint density at radius 1 is 1.46 bits per heavy atom. The Hall–Kier alpha value is -1.33. The molecule has 1 heterocycles. The predicted molar refractivity (Wildman–Crippen MR) is 38.2 cm³/mol. The topological polar surface area (TPSA) is 43.1 Å². The Morgan fingerprint density at radius 3 is 2.23 bits per heavy atom. The Bertz CT molecular complexity index is 267. The molecule has 6 heteroatoms. The van der Waals surface area contributed by atoms with Crippen molar-refractivity contribution in [3.05, 3.63) is 17.5 Å². The number of carbonyl (C=O) groups excluding carboxylic acids is 1. The molecule has 0 unspecified atom stereocenters. The van der Waals surface area contributed by atoms with Crippen LogP contribution in [0.1, 0.15) is 30.1 Å². The van der Waals surface area contributed by atoms with Crippen LogP contribution < -0.4 is 0 Å². The van der Waals surface area contributed by atoms with Gasteiger partial charge < -0.3 is 4.52 Å². The lowest BCUT2D eigenvalue weighted by molar-refractivity contribution is -0.142. The van der Waals surface area contributed by atoms with Gasteiger partial charge in [0.25, 0.3) is 0 Å². The lowest BCUT2D eigenvalue weighted by Gasteiger charge is -1.97. The first-order valence-electron chi connectivity index (χ1n) is 3.53. The van der Waals surface area contributed by atoms with Crippen molar-refractivity contribution in [3.8, 4) is 0 Å². The summed E-state index contributed by atoms with van der Waals surface area (Å²) in [6.07, 6.45) is -4.40. The van der Waals surface area contributed by atoms with Gasteiger partial charge in [0.1, 0.15) is 0 Å². The van der Waals surface area contributed by atoms with Gasteiger partial charge in [0.2, 0.25) is 0 Å². The zero-order chi connectivity index (χ0) is 10.5. The summed E-state index contributed by atoms with van der Waals surface area (Å²) in [5.74, 6) is -0.433. The Balaban J connectivity index is 0.000000671. The highest BCUT2D eigenvalue weighted by Crippen LogP contribution is 2.27. The summed E-state index contributed by atoms with van der Waals surface area (Å²) >= 11 is 0. The molecule has 0 aromatic carbocycles. The zero-order valence-corrected chi connectivity index (χ0v) is 7.05. The molecule has 0 N–H and O–H groups in total. The fraction of sp³-hybridized carbons (Fsp3) is 0.429. The molecule has 13 heavy (non-hydrogen) atoms. The van der Waals surface area contributed by atoms with E-state index in [2.05, 4.69) is 9.68 Å². The van der Waals surface area contributed by atoms with Crippen molar-refractivity contribution in [2.45, 2.75) is 20.0 Å². The number of alkyl halides is 3. The van der Waals surface area contributed by atoms with Crippen molar-refractivity contribution < 1.29 is 22.5 Å². The van der Waals surface area contributed by atoms with Crippen molar-refractivity contribution in [1.29, 1.82) is 0 Å². The van der Waals surface area contributed by atoms with E-state index in [9.17, 15) is 18.0 Å². The predicted octanol–water partition coefficient (Wildman–Crippen LogP) is 2.53. The quantitative estimate of drug-likeness (QED) is 0.646. The molecule has 0 spiro atoms. The molecule has 0 saturated heterocycles. The maximum Gasteiger partial charge on any atom is 0.436 e. The molecule has 1 aromatic heterocycles. The first kappa shape index (κ1) is 11.7. The van der Waals surface area contributed by atoms with Crippen LogP contribution in [0.3, 0.4) is 0 Å². The summed E-state index contributed by atoms with van der Waals surface area (Å²) in [5, 5.41) is 2.63. The van der Waals surface area contributed by atoms with Crippen LogP contribution in [0.25, 0.3) is 0 Å². The van der Waals surface area contributed by atoms with Crippen molar-refractivity contribution in [3.63, 3.8) is 0 Å². The van der Waals surface area contributed by atoms with Gasteiger partial charge in [-0.2, -0.15) is 13.2 Å². The number of aldehydes is 1. The molecule has 0 bridgehead atoms. The fourth-order valence-corrected chi connectivity index (χ4v) is 0.478. The van der Waals surface area contributed by atoms with E-state index in [1.165, 1.54) is 0 Å². The number of nitrogens with zero attached hydrogens (tertiary/aromatic N) is 1. The van der Waals surface area contributed by atoms with E-state index in [0.717, 1.165) is 0 Å². The number of hydrogen-bond donors (Lipinski definition) is 0. The smallest absolute Gasteiger partial charge is 0.353 e. The van der Waals surface area contributed by atoms with E-state index < -0.39 is 17.6 Å². The van der Waals surface area contributed by atoms with Gasteiger partial charge in [0.05, 0.1) is 0 Å². The van der Waals surface area contributed by atoms with Crippen LogP contribution in [0.5, 0.6) is 0 Å². The maximum absolute atomic E-state index is 11.7. The Kier molecular flexibility index (Phi) is 4.16. The zero-order valence-electron chi connectivity index (χ0n) is 7.05. The van der Waals surface area contributed by atoms with E-state index in [0.29, 0.717) is 6.07 Å². The van der Waals surface area contributed by atoms with E-state index in [1.807, 2.05) is 13.8 Å². The molecule has 74 valence electrons. The molecule has 1 rings (SSSR count). The van der Waals surface area contributed by atoms with Crippen molar-refractivity contribution in [1.82, 2.24) is 5.16 Å². The summed E-state index contributed by atoms with van der Waals surface area (Å²) in [5.41, 5.74) is -1.19. The SMILES string of the molecule is CC.O=Cc1cc(C(F)(F)F)no1. The van der Waals surface area contributed by atoms with Gasteiger partial charge in [-0.25, -0.2) is 0 Å². The van der Waals surface area contributed by atoms with Crippen LogP contribution in [0.4, 0.5) is 13.2 Å². The third kappa shape index (κ3) is 3.27. The van der Waals surface area contributed by atoms with E-state index >= 15 is 0 Å². The molecule has 0 aliphatic heterocycles. The first-order chi connectivity index (χ1) is 6.04. The maximum atomic E-state index is 11.7. The van der Waals surface area contributed by atoms with Crippen LogP contribution in [-0.2, 0) is 6.18 Å². The van der Waals surface area contributed by atoms with Gasteiger partial charge in [-0.3, -0.25) is 4.79 Å². The van der Waals surface area contributed by atoms with Crippen LogP contribution >= 0.6 is 0 Å². The van der Waals surface area contributed by atoms with Crippen LogP contribution in [0.15, 0.2) is 10.6 Å². The molecule has 0 amide bonds. The van der Waals surface area contributed by atoms with Gasteiger partial charge in [0.15, 0.2) is 17.7 Å². The number of rotatable bonds is 1. The number of aromatic nitrogens is 1. The normalized spacial score (nSPS) is 10.2. The second-order valence-electron chi connectivity index (χ2n) is 1.73. The summed E-state index contributed by atoms with van der Waals surface area (Å²) in [6.45, 7) is 4.00. The second kappa shape index (κ2) is 4.64. The van der Waals surface area contributed by atoms with Gasteiger partial charge in [-0.15, -0.1) is 0 Å².